The molecule has 0 fully saturated rings. The molecule has 106 valence electrons. The van der Waals surface area contributed by atoms with Gasteiger partial charge in [-0.1, -0.05) is 31.4 Å². The number of nitrogens with two attached hydrogens (primary N) is 1. The largest absolute Gasteiger partial charge is 0.330 e. The highest BCUT2D eigenvalue weighted by Gasteiger charge is 2.11. The SMILES string of the molecule is CCCC(CCN)CCC(=O)Cc1ccncc1Cl. The Morgan fingerprint density at radius 2 is 2.21 bits per heavy atom. The lowest BCUT2D eigenvalue weighted by molar-refractivity contribution is -0.118. The fourth-order valence-corrected chi connectivity index (χ4v) is 2.48. The molecule has 2 N–H and O–H groups in total. The van der Waals surface area contributed by atoms with Gasteiger partial charge in [-0.25, -0.2) is 0 Å². The number of carbonyl (C=O) groups excluding carboxylic acids is 1. The van der Waals surface area contributed by atoms with Crippen LogP contribution in [-0.4, -0.2) is 17.3 Å². The first-order valence-electron chi connectivity index (χ1n) is 6.97. The third-order valence-corrected chi connectivity index (χ3v) is 3.69. The summed E-state index contributed by atoms with van der Waals surface area (Å²) in [6, 6.07) is 1.81. The van der Waals surface area contributed by atoms with E-state index in [1.54, 1.807) is 12.4 Å². The predicted octanol–water partition coefficient (Wildman–Crippen LogP) is 3.39. The minimum Gasteiger partial charge on any atom is -0.330 e. The quantitative estimate of drug-likeness (QED) is 0.755. The van der Waals surface area contributed by atoms with E-state index in [4.69, 9.17) is 17.3 Å². The van der Waals surface area contributed by atoms with Crippen LogP contribution in [0.15, 0.2) is 18.5 Å². The maximum atomic E-state index is 12.0. The summed E-state index contributed by atoms with van der Waals surface area (Å²) in [6.45, 7) is 2.87. The molecule has 1 unspecified atom stereocenters. The molecule has 0 aliphatic carbocycles. The van der Waals surface area contributed by atoms with Gasteiger partial charge in [0.05, 0.1) is 5.02 Å². The average Bonchev–Trinajstić information content (AvgIpc) is 2.39. The van der Waals surface area contributed by atoms with Crippen LogP contribution in [0.3, 0.4) is 0 Å². The summed E-state index contributed by atoms with van der Waals surface area (Å²) in [5.41, 5.74) is 6.47. The van der Waals surface area contributed by atoms with Crippen molar-refractivity contribution in [2.45, 2.75) is 45.4 Å². The maximum Gasteiger partial charge on any atom is 0.137 e. The number of rotatable bonds is 9. The zero-order chi connectivity index (χ0) is 14.1. The molecule has 1 aromatic heterocycles. The summed E-state index contributed by atoms with van der Waals surface area (Å²) in [7, 11) is 0. The highest BCUT2D eigenvalue weighted by Crippen LogP contribution is 2.19. The molecule has 0 aromatic carbocycles. The second-order valence-corrected chi connectivity index (χ2v) is 5.36. The van der Waals surface area contributed by atoms with Gasteiger partial charge < -0.3 is 5.73 Å². The van der Waals surface area contributed by atoms with E-state index in [0.717, 1.165) is 31.2 Å². The first-order valence-corrected chi connectivity index (χ1v) is 7.35. The topological polar surface area (TPSA) is 56.0 Å². The molecule has 3 nitrogen and oxygen atoms in total. The standard InChI is InChI=1S/C15H23ClN2O/c1-2-3-12(6-8-17)4-5-14(19)10-13-7-9-18-11-15(13)16/h7,9,11-12H,2-6,8,10,17H2,1H3. The van der Waals surface area contributed by atoms with Gasteiger partial charge in [0.1, 0.15) is 5.78 Å². The van der Waals surface area contributed by atoms with Crippen LogP contribution < -0.4 is 5.73 Å². The number of hydrogen-bond donors (Lipinski definition) is 1. The van der Waals surface area contributed by atoms with Crippen LogP contribution in [0.4, 0.5) is 0 Å². The van der Waals surface area contributed by atoms with Crippen LogP contribution in [-0.2, 0) is 11.2 Å². The van der Waals surface area contributed by atoms with Crippen molar-refractivity contribution < 1.29 is 4.79 Å². The molecule has 0 spiro atoms. The fourth-order valence-electron chi connectivity index (χ4n) is 2.29. The molecule has 4 heteroatoms. The molecule has 0 saturated carbocycles. The van der Waals surface area contributed by atoms with E-state index >= 15 is 0 Å². The van der Waals surface area contributed by atoms with Crippen LogP contribution in [0.1, 0.15) is 44.6 Å². The number of carbonyl (C=O) groups is 1. The van der Waals surface area contributed by atoms with Crippen molar-refractivity contribution in [3.8, 4) is 0 Å². The molecule has 1 atom stereocenters. The summed E-state index contributed by atoms with van der Waals surface area (Å²) >= 11 is 6.00. The number of aromatic nitrogens is 1. The Labute approximate surface area is 120 Å². The number of ketones is 1. The second kappa shape index (κ2) is 9.05. The Hall–Kier alpha value is -0.930. The van der Waals surface area contributed by atoms with Crippen molar-refractivity contribution >= 4 is 17.4 Å². The van der Waals surface area contributed by atoms with Crippen molar-refractivity contribution in [2.75, 3.05) is 6.54 Å². The molecule has 0 aliphatic rings. The molecule has 1 rings (SSSR count). The van der Waals surface area contributed by atoms with E-state index in [0.29, 0.717) is 30.3 Å². The lowest BCUT2D eigenvalue weighted by Crippen LogP contribution is -2.12. The minimum atomic E-state index is 0.242. The summed E-state index contributed by atoms with van der Waals surface area (Å²) in [6.07, 6.45) is 8.52. The molecule has 19 heavy (non-hydrogen) atoms. The van der Waals surface area contributed by atoms with Crippen LogP contribution in [0.2, 0.25) is 5.02 Å². The van der Waals surface area contributed by atoms with Crippen molar-refractivity contribution in [2.24, 2.45) is 11.7 Å². The summed E-state index contributed by atoms with van der Waals surface area (Å²) in [5.74, 6) is 0.818. The predicted molar refractivity (Wildman–Crippen MR) is 79.3 cm³/mol. The third-order valence-electron chi connectivity index (χ3n) is 3.35. The molecular formula is C15H23ClN2O. The van der Waals surface area contributed by atoms with Crippen molar-refractivity contribution in [3.05, 3.63) is 29.0 Å². The lowest BCUT2D eigenvalue weighted by atomic mass is 9.92. The van der Waals surface area contributed by atoms with Gasteiger partial charge in [-0.3, -0.25) is 9.78 Å². The van der Waals surface area contributed by atoms with Crippen molar-refractivity contribution in [1.82, 2.24) is 4.98 Å². The molecule has 1 aromatic rings. The zero-order valence-corrected chi connectivity index (χ0v) is 12.3. The Morgan fingerprint density at radius 3 is 2.84 bits per heavy atom. The smallest absolute Gasteiger partial charge is 0.137 e. The van der Waals surface area contributed by atoms with E-state index < -0.39 is 0 Å². The van der Waals surface area contributed by atoms with Crippen molar-refractivity contribution in [3.63, 3.8) is 0 Å². The molecule has 0 bridgehead atoms. The number of Topliss-reactive ketones (excluding diaryl/α,β-unsaturated/α-hetero) is 1. The van der Waals surface area contributed by atoms with Crippen LogP contribution in [0, 0.1) is 5.92 Å². The summed E-state index contributed by atoms with van der Waals surface area (Å²) in [4.78, 5) is 15.9. The van der Waals surface area contributed by atoms with E-state index in [1.807, 2.05) is 6.07 Å². The minimum absolute atomic E-state index is 0.242. The van der Waals surface area contributed by atoms with E-state index in [-0.39, 0.29) is 5.78 Å². The van der Waals surface area contributed by atoms with Gasteiger partial charge in [0.2, 0.25) is 0 Å². The first kappa shape index (κ1) is 16.1. The second-order valence-electron chi connectivity index (χ2n) is 4.95. The molecule has 1 heterocycles. The van der Waals surface area contributed by atoms with Crippen LogP contribution in [0.5, 0.6) is 0 Å². The average molecular weight is 283 g/mol. The molecular weight excluding hydrogens is 260 g/mol. The molecule has 0 aliphatic heterocycles. The Kier molecular flexibility index (Phi) is 7.68. The molecule has 0 saturated heterocycles. The number of pyridine rings is 1. The van der Waals surface area contributed by atoms with Gasteiger partial charge >= 0.3 is 0 Å². The van der Waals surface area contributed by atoms with E-state index in [9.17, 15) is 4.79 Å². The third kappa shape index (κ3) is 6.17. The van der Waals surface area contributed by atoms with Crippen molar-refractivity contribution in [1.29, 1.82) is 0 Å². The van der Waals surface area contributed by atoms with Gasteiger partial charge in [0, 0.05) is 25.2 Å². The number of halogens is 1. The van der Waals surface area contributed by atoms with E-state index in [1.165, 1.54) is 0 Å². The van der Waals surface area contributed by atoms with Crippen LogP contribution >= 0.6 is 11.6 Å². The highest BCUT2D eigenvalue weighted by molar-refractivity contribution is 6.31. The lowest BCUT2D eigenvalue weighted by Gasteiger charge is -2.14. The number of hydrogen-bond acceptors (Lipinski definition) is 3. The zero-order valence-electron chi connectivity index (χ0n) is 11.6. The van der Waals surface area contributed by atoms with E-state index in [2.05, 4.69) is 11.9 Å². The van der Waals surface area contributed by atoms with Gasteiger partial charge in [-0.2, -0.15) is 0 Å². The van der Waals surface area contributed by atoms with Gasteiger partial charge in [-0.05, 0) is 36.9 Å². The fraction of sp³-hybridized carbons (Fsp3) is 0.600. The first-order chi connectivity index (χ1) is 9.17. The van der Waals surface area contributed by atoms with Gasteiger partial charge in [-0.15, -0.1) is 0 Å². The normalized spacial score (nSPS) is 12.4. The Bertz CT molecular complexity index is 389. The Morgan fingerprint density at radius 1 is 1.42 bits per heavy atom. The molecule has 0 amide bonds. The van der Waals surface area contributed by atoms with Gasteiger partial charge in [0.15, 0.2) is 0 Å². The highest BCUT2D eigenvalue weighted by atomic mass is 35.5. The van der Waals surface area contributed by atoms with Gasteiger partial charge in [0.25, 0.3) is 0 Å². The number of nitrogens with zero attached hydrogens (tertiary/aromatic N) is 1. The maximum absolute atomic E-state index is 12.0. The molecule has 0 radical (unpaired) electrons. The monoisotopic (exact) mass is 282 g/mol. The van der Waals surface area contributed by atoms with Crippen LogP contribution in [0.25, 0.3) is 0 Å². The Balaban J connectivity index is 2.40. The summed E-state index contributed by atoms with van der Waals surface area (Å²) in [5, 5.41) is 0.572. The summed E-state index contributed by atoms with van der Waals surface area (Å²) < 4.78 is 0.